The predicted molar refractivity (Wildman–Crippen MR) is 130 cm³/mol. The number of hydrogen-bond donors (Lipinski definition) is 1. The maximum Gasteiger partial charge on any atom is 0.338 e. The number of nitrogens with zero attached hydrogens (tertiary/aromatic N) is 1. The van der Waals surface area contributed by atoms with E-state index in [1.54, 1.807) is 37.2 Å². The van der Waals surface area contributed by atoms with E-state index in [9.17, 15) is 4.79 Å². The number of rotatable bonds is 11. The first kappa shape index (κ1) is 24.9. The number of pyridine rings is 1. The largest absolute Gasteiger partial charge is 0.496 e. The van der Waals surface area contributed by atoms with E-state index in [1.807, 2.05) is 24.3 Å². The van der Waals surface area contributed by atoms with E-state index in [2.05, 4.69) is 4.98 Å². The van der Waals surface area contributed by atoms with Crippen LogP contribution in [0, 0.1) is 5.41 Å². The Morgan fingerprint density at radius 2 is 1.59 bits per heavy atom. The van der Waals surface area contributed by atoms with Crippen molar-refractivity contribution in [1.29, 1.82) is 5.41 Å². The number of benzene rings is 2. The van der Waals surface area contributed by atoms with Crippen molar-refractivity contribution < 1.29 is 28.5 Å². The molecule has 34 heavy (non-hydrogen) atoms. The minimum atomic E-state index is -0.608. The number of hydrogen-bond acceptors (Lipinski definition) is 9. The number of carbonyl (C=O) groups is 1. The average Bonchev–Trinajstić information content (AvgIpc) is 2.89. The van der Waals surface area contributed by atoms with Crippen molar-refractivity contribution in [1.82, 2.24) is 4.98 Å². The van der Waals surface area contributed by atoms with E-state index in [0.717, 1.165) is 16.3 Å². The lowest BCUT2D eigenvalue weighted by molar-refractivity contribution is 0.0562. The van der Waals surface area contributed by atoms with E-state index in [4.69, 9.17) is 29.1 Å². The van der Waals surface area contributed by atoms with Crippen molar-refractivity contribution in [2.24, 2.45) is 0 Å². The van der Waals surface area contributed by atoms with Crippen molar-refractivity contribution in [2.75, 3.05) is 35.0 Å². The van der Waals surface area contributed by atoms with Gasteiger partial charge in [0.2, 0.25) is 5.75 Å². The summed E-state index contributed by atoms with van der Waals surface area (Å²) in [7, 11) is 6.02. The van der Waals surface area contributed by atoms with Gasteiger partial charge in [-0.15, -0.1) is 11.8 Å². The molecule has 3 aromatic rings. The van der Waals surface area contributed by atoms with Crippen LogP contribution in [-0.2, 0) is 10.5 Å². The summed E-state index contributed by atoms with van der Waals surface area (Å²) in [5.74, 6) is 1.79. The zero-order chi connectivity index (χ0) is 24.5. The molecular formula is C25H26N2O6S. The van der Waals surface area contributed by atoms with Gasteiger partial charge in [0.05, 0.1) is 44.7 Å². The Hall–Kier alpha value is -3.72. The number of methoxy groups -OCH3 is 4. The fraction of sp³-hybridized carbons (Fsp3) is 0.240. The fourth-order valence-corrected chi connectivity index (χ4v) is 4.01. The van der Waals surface area contributed by atoms with Crippen molar-refractivity contribution in [3.8, 4) is 23.0 Å². The molecule has 1 heterocycles. The van der Waals surface area contributed by atoms with Crippen LogP contribution in [0.15, 0.2) is 59.8 Å². The van der Waals surface area contributed by atoms with Gasteiger partial charge < -0.3 is 29.1 Å². The van der Waals surface area contributed by atoms with Gasteiger partial charge in [-0.25, -0.2) is 9.78 Å². The molecular weight excluding hydrogens is 456 g/mol. The highest BCUT2D eigenvalue weighted by atomic mass is 32.2. The van der Waals surface area contributed by atoms with Gasteiger partial charge in [-0.3, -0.25) is 0 Å². The fourth-order valence-electron chi connectivity index (χ4n) is 3.17. The lowest BCUT2D eigenvalue weighted by Crippen LogP contribution is -2.15. The summed E-state index contributed by atoms with van der Waals surface area (Å²) >= 11 is 1.57. The lowest BCUT2D eigenvalue weighted by atomic mass is 10.1. The van der Waals surface area contributed by atoms with Crippen LogP contribution in [-0.4, -0.2) is 51.7 Å². The number of carbonyl (C=O) groups excluding carboxylic acids is 1. The zero-order valence-electron chi connectivity index (χ0n) is 19.4. The topological polar surface area (TPSA) is 100.0 Å². The first-order chi connectivity index (χ1) is 16.5. The molecule has 1 N–H and O–H groups in total. The maximum atomic E-state index is 12.6. The van der Waals surface area contributed by atoms with Crippen LogP contribution in [0.2, 0.25) is 0 Å². The minimum Gasteiger partial charge on any atom is -0.496 e. The summed E-state index contributed by atoms with van der Waals surface area (Å²) in [6.45, 7) is -0.200. The molecule has 0 fully saturated rings. The molecule has 0 aliphatic carbocycles. The van der Waals surface area contributed by atoms with Crippen molar-refractivity contribution in [2.45, 2.75) is 10.8 Å². The van der Waals surface area contributed by atoms with Crippen LogP contribution in [0.25, 0.3) is 0 Å². The summed E-state index contributed by atoms with van der Waals surface area (Å²) in [4.78, 5) is 17.0. The third-order valence-electron chi connectivity index (χ3n) is 4.89. The van der Waals surface area contributed by atoms with Crippen LogP contribution in [0.5, 0.6) is 23.0 Å². The molecule has 8 nitrogen and oxygen atoms in total. The van der Waals surface area contributed by atoms with Gasteiger partial charge >= 0.3 is 5.97 Å². The number of esters is 1. The molecule has 0 spiro atoms. The summed E-state index contributed by atoms with van der Waals surface area (Å²) in [6, 6.07) is 14.2. The number of thioether (sulfide) groups is 1. The Balaban J connectivity index is 1.70. The van der Waals surface area contributed by atoms with Crippen molar-refractivity contribution in [3.05, 3.63) is 71.4 Å². The van der Waals surface area contributed by atoms with E-state index in [1.165, 1.54) is 33.5 Å². The van der Waals surface area contributed by atoms with Crippen LogP contribution in [0.4, 0.5) is 0 Å². The van der Waals surface area contributed by atoms with E-state index in [0.29, 0.717) is 28.6 Å². The summed E-state index contributed by atoms with van der Waals surface area (Å²) in [6.07, 6.45) is 1.74. The van der Waals surface area contributed by atoms with Crippen LogP contribution in [0.1, 0.15) is 21.5 Å². The lowest BCUT2D eigenvalue weighted by Gasteiger charge is -2.14. The molecule has 0 unspecified atom stereocenters. The highest BCUT2D eigenvalue weighted by Crippen LogP contribution is 2.38. The number of nitrogens with one attached hydrogen (secondary N) is 1. The molecule has 178 valence electrons. The van der Waals surface area contributed by atoms with Crippen LogP contribution >= 0.6 is 11.8 Å². The van der Waals surface area contributed by atoms with Gasteiger partial charge in [0.15, 0.2) is 11.5 Å². The molecule has 9 heteroatoms. The summed E-state index contributed by atoms with van der Waals surface area (Å²) in [5, 5.41) is 9.31. The molecule has 0 saturated heterocycles. The van der Waals surface area contributed by atoms with Gasteiger partial charge in [0.1, 0.15) is 12.4 Å². The first-order valence-electron chi connectivity index (χ1n) is 10.3. The zero-order valence-corrected chi connectivity index (χ0v) is 20.2. The van der Waals surface area contributed by atoms with Gasteiger partial charge in [0, 0.05) is 17.5 Å². The highest BCUT2D eigenvalue weighted by molar-refractivity contribution is 7.98. The molecule has 0 aliphatic heterocycles. The van der Waals surface area contributed by atoms with E-state index in [-0.39, 0.29) is 17.9 Å². The second kappa shape index (κ2) is 11.9. The number of ether oxygens (including phenoxy) is 5. The Morgan fingerprint density at radius 3 is 2.18 bits per heavy atom. The van der Waals surface area contributed by atoms with Crippen LogP contribution in [0.3, 0.4) is 0 Å². The van der Waals surface area contributed by atoms with Crippen molar-refractivity contribution in [3.63, 3.8) is 0 Å². The van der Waals surface area contributed by atoms with Crippen molar-refractivity contribution >= 4 is 23.4 Å². The van der Waals surface area contributed by atoms with E-state index < -0.39 is 5.97 Å². The second-order valence-corrected chi connectivity index (χ2v) is 7.95. The normalized spacial score (nSPS) is 10.4. The minimum absolute atomic E-state index is 0.160. The molecule has 0 atom stereocenters. The molecule has 1 aromatic heterocycles. The smallest absolute Gasteiger partial charge is 0.338 e. The Kier molecular flexibility index (Phi) is 8.75. The highest BCUT2D eigenvalue weighted by Gasteiger charge is 2.19. The quantitative estimate of drug-likeness (QED) is 0.240. The van der Waals surface area contributed by atoms with Crippen LogP contribution < -0.4 is 18.9 Å². The SMILES string of the molecule is COc1ccc(C(=N)COC(=O)c2cc(OC)c(OC)c(OC)c2)cc1CSc1ccccn1. The van der Waals surface area contributed by atoms with Gasteiger partial charge in [-0.2, -0.15) is 0 Å². The number of aromatic nitrogens is 1. The summed E-state index contributed by atoms with van der Waals surface area (Å²) in [5.41, 5.74) is 1.93. The standard InChI is InChI=1S/C25H26N2O6S/c1-29-20-9-8-16(11-18(20)15-34-23-7-5-6-10-27-23)19(26)14-33-25(28)17-12-21(30-2)24(32-4)22(13-17)31-3/h5-13,26H,14-15H2,1-4H3. The first-order valence-corrected chi connectivity index (χ1v) is 11.2. The third-order valence-corrected chi connectivity index (χ3v) is 5.88. The molecule has 3 rings (SSSR count). The predicted octanol–water partition coefficient (Wildman–Crippen LogP) is 4.63. The third kappa shape index (κ3) is 5.99. The Morgan fingerprint density at radius 1 is 0.882 bits per heavy atom. The maximum absolute atomic E-state index is 12.6. The second-order valence-electron chi connectivity index (χ2n) is 6.95. The molecule has 0 saturated carbocycles. The average molecular weight is 483 g/mol. The van der Waals surface area contributed by atoms with Gasteiger partial charge in [-0.05, 0) is 48.0 Å². The molecule has 2 aromatic carbocycles. The van der Waals surface area contributed by atoms with Gasteiger partial charge in [-0.1, -0.05) is 6.07 Å². The summed E-state index contributed by atoms with van der Waals surface area (Å²) < 4.78 is 26.7. The van der Waals surface area contributed by atoms with Gasteiger partial charge in [0.25, 0.3) is 0 Å². The monoisotopic (exact) mass is 482 g/mol. The van der Waals surface area contributed by atoms with E-state index >= 15 is 0 Å². The Bertz CT molecular complexity index is 1130. The molecule has 0 amide bonds. The molecule has 0 bridgehead atoms. The Labute approximate surface area is 202 Å². The molecule has 0 radical (unpaired) electrons. The molecule has 0 aliphatic rings.